The maximum Gasteiger partial charge on any atom is 0.250 e. The van der Waals surface area contributed by atoms with Crippen LogP contribution in [-0.4, -0.2) is 37.6 Å². The number of sulfonamides is 1. The topological polar surface area (TPSA) is 110 Å². The van der Waals surface area contributed by atoms with Gasteiger partial charge in [0.1, 0.15) is 0 Å². The molecule has 0 saturated carbocycles. The number of benzene rings is 2. The van der Waals surface area contributed by atoms with Crippen LogP contribution in [0.2, 0.25) is 5.02 Å². The van der Waals surface area contributed by atoms with Gasteiger partial charge in [-0.15, -0.1) is 0 Å². The van der Waals surface area contributed by atoms with E-state index in [9.17, 15) is 26.8 Å². The van der Waals surface area contributed by atoms with E-state index in [1.807, 2.05) is 0 Å². The van der Waals surface area contributed by atoms with Gasteiger partial charge >= 0.3 is 0 Å². The Hall–Kier alpha value is -2.56. The molecule has 30 heavy (non-hydrogen) atoms. The maximum absolute atomic E-state index is 13.4. The normalized spacial score (nSPS) is 15.7. The maximum atomic E-state index is 13.4. The van der Waals surface area contributed by atoms with Gasteiger partial charge in [0.05, 0.1) is 15.5 Å². The van der Waals surface area contributed by atoms with Crippen molar-refractivity contribution in [1.29, 1.82) is 0 Å². The average molecular weight is 458 g/mol. The summed E-state index contributed by atoms with van der Waals surface area (Å²) in [4.78, 5) is 23.5. The van der Waals surface area contributed by atoms with Crippen molar-refractivity contribution in [2.75, 3.05) is 18.4 Å². The van der Waals surface area contributed by atoms with Gasteiger partial charge in [-0.3, -0.25) is 9.59 Å². The van der Waals surface area contributed by atoms with E-state index in [-0.39, 0.29) is 47.3 Å². The summed E-state index contributed by atoms with van der Waals surface area (Å²) in [5, 5.41) is 2.83. The van der Waals surface area contributed by atoms with Crippen molar-refractivity contribution in [2.24, 2.45) is 11.7 Å². The first-order valence-electron chi connectivity index (χ1n) is 8.95. The molecule has 7 nitrogen and oxygen atoms in total. The highest BCUT2D eigenvalue weighted by Gasteiger charge is 2.32. The lowest BCUT2D eigenvalue weighted by atomic mass is 9.97. The van der Waals surface area contributed by atoms with Crippen LogP contribution in [0.15, 0.2) is 41.3 Å². The van der Waals surface area contributed by atoms with Crippen LogP contribution < -0.4 is 11.1 Å². The molecule has 1 heterocycles. The van der Waals surface area contributed by atoms with E-state index in [2.05, 4.69) is 5.32 Å². The minimum absolute atomic E-state index is 0.0482. The zero-order chi connectivity index (χ0) is 22.1. The Morgan fingerprint density at radius 3 is 2.33 bits per heavy atom. The Morgan fingerprint density at radius 2 is 1.73 bits per heavy atom. The Bertz CT molecular complexity index is 1100. The van der Waals surface area contributed by atoms with Crippen molar-refractivity contribution in [2.45, 2.75) is 17.7 Å². The third-order valence-corrected chi connectivity index (χ3v) is 7.08. The quantitative estimate of drug-likeness (QED) is 0.719. The molecular weight excluding hydrogens is 440 g/mol. The van der Waals surface area contributed by atoms with Gasteiger partial charge in [0.25, 0.3) is 0 Å². The Morgan fingerprint density at radius 1 is 1.07 bits per heavy atom. The molecule has 1 aliphatic rings. The van der Waals surface area contributed by atoms with Crippen LogP contribution >= 0.6 is 11.6 Å². The van der Waals surface area contributed by atoms with Gasteiger partial charge in [-0.25, -0.2) is 17.2 Å². The number of nitrogens with two attached hydrogens (primary N) is 1. The van der Waals surface area contributed by atoms with Crippen molar-refractivity contribution >= 4 is 39.1 Å². The first kappa shape index (κ1) is 22.1. The lowest BCUT2D eigenvalue weighted by Gasteiger charge is -2.30. The van der Waals surface area contributed by atoms with Crippen LogP contribution in [0.1, 0.15) is 23.2 Å². The highest BCUT2D eigenvalue weighted by atomic mass is 35.5. The summed E-state index contributed by atoms with van der Waals surface area (Å²) in [7, 11) is -4.00. The molecule has 11 heteroatoms. The van der Waals surface area contributed by atoms with E-state index in [4.69, 9.17) is 17.3 Å². The average Bonchev–Trinajstić information content (AvgIpc) is 2.71. The predicted octanol–water partition coefficient (Wildman–Crippen LogP) is 2.76. The summed E-state index contributed by atoms with van der Waals surface area (Å²) in [5.74, 6) is -3.91. The van der Waals surface area contributed by atoms with Crippen LogP contribution in [0.4, 0.5) is 14.5 Å². The van der Waals surface area contributed by atoms with E-state index in [0.29, 0.717) is 11.8 Å². The first-order valence-corrected chi connectivity index (χ1v) is 10.8. The number of piperidine rings is 1. The molecule has 0 bridgehead atoms. The molecule has 0 aliphatic carbocycles. The molecule has 2 aromatic rings. The number of nitrogens with one attached hydrogen (secondary N) is 1. The number of carbonyl (C=O) groups excluding carboxylic acids is 2. The zero-order valence-corrected chi connectivity index (χ0v) is 17.1. The third kappa shape index (κ3) is 4.61. The third-order valence-electron chi connectivity index (χ3n) is 4.85. The van der Waals surface area contributed by atoms with Crippen molar-refractivity contribution < 1.29 is 26.8 Å². The second kappa shape index (κ2) is 8.66. The predicted molar refractivity (Wildman–Crippen MR) is 106 cm³/mol. The number of amides is 2. The van der Waals surface area contributed by atoms with Crippen LogP contribution in [0, 0.1) is 17.6 Å². The van der Waals surface area contributed by atoms with Gasteiger partial charge in [-0.1, -0.05) is 11.6 Å². The van der Waals surface area contributed by atoms with Crippen molar-refractivity contribution in [3.05, 3.63) is 58.6 Å². The smallest absolute Gasteiger partial charge is 0.250 e. The van der Waals surface area contributed by atoms with E-state index >= 15 is 0 Å². The summed E-state index contributed by atoms with van der Waals surface area (Å²) in [5.41, 5.74) is 5.65. The fourth-order valence-corrected chi connectivity index (χ4v) is 4.87. The van der Waals surface area contributed by atoms with Gasteiger partial charge in [0, 0.05) is 24.7 Å². The molecule has 0 aromatic heterocycles. The molecule has 1 aliphatic heterocycles. The number of carbonyl (C=O) groups is 2. The number of hydrogen-bond donors (Lipinski definition) is 2. The molecule has 1 fully saturated rings. The Labute approximate surface area is 176 Å². The molecule has 3 N–H and O–H groups in total. The minimum atomic E-state index is -4.00. The number of halogens is 3. The summed E-state index contributed by atoms with van der Waals surface area (Å²) >= 11 is 5.88. The summed E-state index contributed by atoms with van der Waals surface area (Å²) < 4.78 is 52.9. The number of nitrogens with zero attached hydrogens (tertiary/aromatic N) is 1. The molecule has 160 valence electrons. The van der Waals surface area contributed by atoms with Gasteiger partial charge < -0.3 is 11.1 Å². The Kier molecular flexibility index (Phi) is 6.39. The second-order valence-electron chi connectivity index (χ2n) is 6.80. The minimum Gasteiger partial charge on any atom is -0.366 e. The highest BCUT2D eigenvalue weighted by Crippen LogP contribution is 2.26. The number of hydrogen-bond acceptors (Lipinski definition) is 4. The molecule has 0 radical (unpaired) electrons. The van der Waals surface area contributed by atoms with Crippen LogP contribution in [0.5, 0.6) is 0 Å². The molecule has 2 aromatic carbocycles. The fourth-order valence-electron chi connectivity index (χ4n) is 3.18. The SMILES string of the molecule is NC(=O)c1cc(NC(=O)C2CCN(S(=O)(=O)c3ccc(F)c(F)c3)CC2)ccc1Cl. The van der Waals surface area contributed by atoms with Crippen LogP contribution in [0.25, 0.3) is 0 Å². The lowest BCUT2D eigenvalue weighted by molar-refractivity contribution is -0.120. The molecule has 1 saturated heterocycles. The molecular formula is C19H18ClF2N3O4S. The molecule has 3 rings (SSSR count). The monoisotopic (exact) mass is 457 g/mol. The van der Waals surface area contributed by atoms with Crippen LogP contribution in [0.3, 0.4) is 0 Å². The van der Waals surface area contributed by atoms with E-state index in [0.717, 1.165) is 16.4 Å². The van der Waals surface area contributed by atoms with Crippen molar-refractivity contribution in [3.63, 3.8) is 0 Å². The van der Waals surface area contributed by atoms with E-state index in [1.54, 1.807) is 0 Å². The summed E-state index contributed by atoms with van der Waals surface area (Å²) in [6.07, 6.45) is 0.482. The second-order valence-corrected chi connectivity index (χ2v) is 9.15. The zero-order valence-electron chi connectivity index (χ0n) is 15.6. The number of primary amides is 1. The highest BCUT2D eigenvalue weighted by molar-refractivity contribution is 7.89. The standard InChI is InChI=1S/C19H18ClF2N3O4S/c20-15-3-1-12(9-14(15)18(23)26)24-19(27)11-5-7-25(8-6-11)30(28,29)13-2-4-16(21)17(22)10-13/h1-4,9-11H,5-8H2,(H2,23,26)(H,24,27). The molecule has 0 atom stereocenters. The van der Waals surface area contributed by atoms with E-state index < -0.39 is 33.5 Å². The van der Waals surface area contributed by atoms with Crippen molar-refractivity contribution in [1.82, 2.24) is 4.31 Å². The summed E-state index contributed by atoms with van der Waals surface area (Å²) in [6, 6.07) is 6.73. The van der Waals surface area contributed by atoms with Crippen LogP contribution in [-0.2, 0) is 14.8 Å². The molecule has 2 amide bonds. The van der Waals surface area contributed by atoms with E-state index in [1.165, 1.54) is 18.2 Å². The Balaban J connectivity index is 1.65. The molecule has 0 spiro atoms. The van der Waals surface area contributed by atoms with Crippen molar-refractivity contribution in [3.8, 4) is 0 Å². The molecule has 0 unspecified atom stereocenters. The van der Waals surface area contributed by atoms with Gasteiger partial charge in [0.2, 0.25) is 21.8 Å². The summed E-state index contributed by atoms with van der Waals surface area (Å²) in [6.45, 7) is 0.0964. The number of rotatable bonds is 5. The van der Waals surface area contributed by atoms with Gasteiger partial charge in [-0.2, -0.15) is 4.31 Å². The fraction of sp³-hybridized carbons (Fsp3) is 0.263. The van der Waals surface area contributed by atoms with Gasteiger partial charge in [0.15, 0.2) is 11.6 Å². The first-order chi connectivity index (χ1) is 14.1. The number of anilines is 1. The largest absolute Gasteiger partial charge is 0.366 e. The van der Waals surface area contributed by atoms with Gasteiger partial charge in [-0.05, 0) is 49.2 Å². The lowest BCUT2D eigenvalue weighted by Crippen LogP contribution is -2.41.